The summed E-state index contributed by atoms with van der Waals surface area (Å²) in [5, 5.41) is 23.7. The maximum absolute atomic E-state index is 13.2. The fourth-order valence-corrected chi connectivity index (χ4v) is 7.50. The summed E-state index contributed by atoms with van der Waals surface area (Å²) in [6.07, 6.45) is 65.3. The van der Waals surface area contributed by atoms with Crippen LogP contribution in [0.2, 0.25) is 0 Å². The summed E-state index contributed by atoms with van der Waals surface area (Å²) in [6.45, 7) is 6.32. The van der Waals surface area contributed by atoms with Crippen LogP contribution in [0.5, 0.6) is 0 Å². The van der Waals surface area contributed by atoms with Crippen LogP contribution in [0, 0.1) is 0 Å². The van der Waals surface area contributed by atoms with Crippen molar-refractivity contribution in [2.24, 2.45) is 0 Å². The van der Waals surface area contributed by atoms with Gasteiger partial charge in [0.1, 0.15) is 6.10 Å². The summed E-state index contributed by atoms with van der Waals surface area (Å²) in [5.74, 6) is -0.649. The van der Waals surface area contributed by atoms with Crippen LogP contribution in [-0.4, -0.2) is 46.9 Å². The molecule has 6 heteroatoms. The first kappa shape index (κ1) is 60.0. The van der Waals surface area contributed by atoms with Gasteiger partial charge in [-0.2, -0.15) is 0 Å². The number of hydrogen-bond acceptors (Lipinski definition) is 5. The van der Waals surface area contributed by atoms with Crippen LogP contribution < -0.4 is 5.32 Å². The molecule has 0 rings (SSSR count). The summed E-state index contributed by atoms with van der Waals surface area (Å²) in [5.41, 5.74) is 0. The quantitative estimate of drug-likeness (QED) is 0.0245. The number of allylic oxidation sites excluding steroid dienone is 13. The minimum Gasteiger partial charge on any atom is -0.458 e. The van der Waals surface area contributed by atoms with Crippen molar-refractivity contribution in [3.05, 3.63) is 85.1 Å². The highest BCUT2D eigenvalue weighted by Gasteiger charge is 2.23. The maximum atomic E-state index is 13.2. The summed E-state index contributed by atoms with van der Waals surface area (Å²) >= 11 is 0. The number of aliphatic hydroxyl groups is 2. The molecule has 0 saturated heterocycles. The van der Waals surface area contributed by atoms with Gasteiger partial charge in [0, 0.05) is 6.42 Å². The molecule has 362 valence electrons. The highest BCUT2D eigenvalue weighted by Crippen LogP contribution is 2.15. The molecule has 0 aliphatic heterocycles. The SMILES string of the molecule is CC/C=C/C/C=C/C/C=C/C/C=C/C/C=C/C(CC(=O)NC(CO)C(O)CCCCCCCCCCCCCC)OC(=O)CCCCCCC/C=C/C=C/CCCCCCCCC. The normalized spacial score (nSPS) is 13.9. The molecule has 6 nitrogen and oxygen atoms in total. The number of carbonyl (C=O) groups excluding carboxylic acids is 2. The lowest BCUT2D eigenvalue weighted by Gasteiger charge is -2.23. The second-order valence-corrected chi connectivity index (χ2v) is 17.6. The highest BCUT2D eigenvalue weighted by molar-refractivity contribution is 5.78. The first-order valence-corrected chi connectivity index (χ1v) is 26.3. The van der Waals surface area contributed by atoms with Crippen LogP contribution in [0.3, 0.4) is 0 Å². The van der Waals surface area contributed by atoms with Crippen molar-refractivity contribution in [3.8, 4) is 0 Å². The molecule has 0 bridgehead atoms. The first-order chi connectivity index (χ1) is 31.0. The molecule has 0 radical (unpaired) electrons. The third kappa shape index (κ3) is 45.4. The van der Waals surface area contributed by atoms with Gasteiger partial charge in [0.2, 0.25) is 5.91 Å². The van der Waals surface area contributed by atoms with Crippen molar-refractivity contribution in [2.75, 3.05) is 6.61 Å². The highest BCUT2D eigenvalue weighted by atomic mass is 16.5. The Morgan fingerprint density at radius 1 is 0.508 bits per heavy atom. The van der Waals surface area contributed by atoms with Crippen molar-refractivity contribution in [1.29, 1.82) is 0 Å². The lowest BCUT2D eigenvalue weighted by molar-refractivity contribution is -0.148. The molecule has 3 atom stereocenters. The predicted molar refractivity (Wildman–Crippen MR) is 273 cm³/mol. The fraction of sp³-hybridized carbons (Fsp3) is 0.719. The number of hydrogen-bond donors (Lipinski definition) is 3. The van der Waals surface area contributed by atoms with E-state index in [9.17, 15) is 19.8 Å². The number of amides is 1. The minimum absolute atomic E-state index is 0.0555. The van der Waals surface area contributed by atoms with Crippen LogP contribution >= 0.6 is 0 Å². The molecule has 0 saturated carbocycles. The van der Waals surface area contributed by atoms with Crippen molar-refractivity contribution >= 4 is 11.9 Å². The Hall–Kier alpha value is -2.96. The van der Waals surface area contributed by atoms with Crippen LogP contribution in [0.25, 0.3) is 0 Å². The Kier molecular flexibility index (Phi) is 47.7. The summed E-state index contributed by atoms with van der Waals surface area (Å²) < 4.78 is 5.82. The van der Waals surface area contributed by atoms with E-state index in [0.29, 0.717) is 19.3 Å². The largest absolute Gasteiger partial charge is 0.458 e. The second kappa shape index (κ2) is 50.0. The van der Waals surface area contributed by atoms with Crippen LogP contribution in [0.4, 0.5) is 0 Å². The molecule has 0 aromatic rings. The monoisotopic (exact) mass is 878 g/mol. The van der Waals surface area contributed by atoms with Gasteiger partial charge >= 0.3 is 5.97 Å². The number of rotatable bonds is 46. The second-order valence-electron chi connectivity index (χ2n) is 17.6. The number of ether oxygens (including phenoxy) is 1. The lowest BCUT2D eigenvalue weighted by atomic mass is 10.0. The number of nitrogens with one attached hydrogen (secondary N) is 1. The van der Waals surface area contributed by atoms with E-state index in [4.69, 9.17) is 4.74 Å². The van der Waals surface area contributed by atoms with Crippen LogP contribution in [0.15, 0.2) is 85.1 Å². The molecular weight excluding hydrogens is 779 g/mol. The van der Waals surface area contributed by atoms with E-state index in [1.807, 2.05) is 6.08 Å². The van der Waals surface area contributed by atoms with E-state index in [1.165, 1.54) is 109 Å². The van der Waals surface area contributed by atoms with Gasteiger partial charge in [-0.3, -0.25) is 9.59 Å². The van der Waals surface area contributed by atoms with Crippen molar-refractivity contribution in [1.82, 2.24) is 5.32 Å². The van der Waals surface area contributed by atoms with Gasteiger partial charge in [-0.15, -0.1) is 0 Å². The molecule has 0 heterocycles. The van der Waals surface area contributed by atoms with Crippen molar-refractivity contribution in [3.63, 3.8) is 0 Å². The predicted octanol–water partition coefficient (Wildman–Crippen LogP) is 16.0. The Labute approximate surface area is 389 Å². The molecule has 0 fully saturated rings. The molecule has 0 aliphatic carbocycles. The summed E-state index contributed by atoms with van der Waals surface area (Å²) in [4.78, 5) is 26.1. The van der Waals surface area contributed by atoms with Gasteiger partial charge in [-0.25, -0.2) is 0 Å². The van der Waals surface area contributed by atoms with Gasteiger partial charge in [0.05, 0.1) is 25.2 Å². The third-order valence-corrected chi connectivity index (χ3v) is 11.5. The first-order valence-electron chi connectivity index (χ1n) is 26.3. The Bertz CT molecular complexity index is 1210. The molecule has 3 unspecified atom stereocenters. The fourth-order valence-electron chi connectivity index (χ4n) is 7.50. The summed E-state index contributed by atoms with van der Waals surface area (Å²) in [7, 11) is 0. The minimum atomic E-state index is -0.825. The zero-order valence-corrected chi connectivity index (χ0v) is 41.2. The number of unbranched alkanes of at least 4 members (excludes halogenated alkanes) is 23. The van der Waals surface area contributed by atoms with Crippen LogP contribution in [0.1, 0.15) is 239 Å². The maximum Gasteiger partial charge on any atom is 0.306 e. The molecule has 0 aromatic heterocycles. The van der Waals surface area contributed by atoms with Gasteiger partial charge < -0.3 is 20.3 Å². The Morgan fingerprint density at radius 3 is 1.38 bits per heavy atom. The lowest BCUT2D eigenvalue weighted by Crippen LogP contribution is -2.46. The molecular formula is C57H99NO5. The zero-order valence-electron chi connectivity index (χ0n) is 41.2. The molecule has 0 spiro atoms. The zero-order chi connectivity index (χ0) is 45.9. The Balaban J connectivity index is 4.74. The summed E-state index contributed by atoms with van der Waals surface area (Å²) in [6, 6.07) is -0.749. The van der Waals surface area contributed by atoms with Gasteiger partial charge in [-0.05, 0) is 76.7 Å². The Morgan fingerprint density at radius 2 is 0.921 bits per heavy atom. The molecule has 3 N–H and O–H groups in total. The van der Waals surface area contributed by atoms with Gasteiger partial charge in [0.25, 0.3) is 0 Å². The number of esters is 1. The van der Waals surface area contributed by atoms with E-state index in [0.717, 1.165) is 83.5 Å². The van der Waals surface area contributed by atoms with E-state index >= 15 is 0 Å². The van der Waals surface area contributed by atoms with E-state index in [1.54, 1.807) is 6.08 Å². The van der Waals surface area contributed by atoms with E-state index in [2.05, 4.69) is 99.0 Å². The van der Waals surface area contributed by atoms with E-state index in [-0.39, 0.29) is 24.9 Å². The molecule has 0 aliphatic rings. The van der Waals surface area contributed by atoms with E-state index < -0.39 is 18.2 Å². The van der Waals surface area contributed by atoms with Gasteiger partial charge in [-0.1, -0.05) is 235 Å². The molecule has 63 heavy (non-hydrogen) atoms. The number of carbonyl (C=O) groups is 2. The van der Waals surface area contributed by atoms with Crippen molar-refractivity contribution < 1.29 is 24.5 Å². The van der Waals surface area contributed by atoms with Gasteiger partial charge in [0.15, 0.2) is 0 Å². The average Bonchev–Trinajstić information content (AvgIpc) is 3.28. The topological polar surface area (TPSA) is 95.9 Å². The standard InChI is InChI=1S/C57H99NO5/c1-4-7-10-13-16-19-22-25-27-28-29-30-32-35-38-41-44-47-50-57(62)63-53(48-45-42-39-36-33-31-26-23-20-17-14-11-8-5-2)51-56(61)58-54(52-59)55(60)49-46-43-40-37-34-24-21-18-15-12-9-6-3/h8,11,17,20,26-31,36,39,45,48,53-55,59-60H,4-7,9-10,12-16,18-19,21-25,32-35,37-38,40-44,46-47,49-52H2,1-3H3,(H,58,61)/b11-8+,20-17+,28-27+,30-29+,31-26+,39-36+,48-45+. The van der Waals surface area contributed by atoms with Crippen molar-refractivity contribution in [2.45, 2.75) is 257 Å². The average molecular weight is 878 g/mol. The molecule has 0 aromatic carbocycles. The molecule has 1 amide bonds. The van der Waals surface area contributed by atoms with Crippen LogP contribution in [-0.2, 0) is 14.3 Å². The third-order valence-electron chi connectivity index (χ3n) is 11.5. The number of aliphatic hydroxyl groups excluding tert-OH is 2. The smallest absolute Gasteiger partial charge is 0.306 e.